The second-order valence-corrected chi connectivity index (χ2v) is 12.0. The molecule has 2 aliphatic carbocycles. The number of fused-ring (bicyclic) bond motifs is 1. The van der Waals surface area contributed by atoms with Crippen LogP contribution >= 0.6 is 0 Å². The van der Waals surface area contributed by atoms with Crippen LogP contribution in [0.25, 0.3) is 0 Å². The van der Waals surface area contributed by atoms with Crippen molar-refractivity contribution in [1.82, 2.24) is 5.32 Å². The normalized spacial score (nSPS) is 33.4. The van der Waals surface area contributed by atoms with E-state index < -0.39 is 0 Å². The van der Waals surface area contributed by atoms with Gasteiger partial charge in [0.15, 0.2) is 5.79 Å². The number of unbranched alkanes of at least 4 members (excludes halogenated alkanes) is 1. The Morgan fingerprint density at radius 2 is 1.65 bits per heavy atom. The standard InChI is InChI=1S/C17H30O2.C10H21NO/c1-3-4-7-13-10-11-15-16(12-13)19-17(2,18-15)14-8-5-6-9-14;1-8(12)10(5,11-6)7-9(2,3)4/h13-16H,3-12H2,1-2H3;11H,7H2,1-6H3. The van der Waals surface area contributed by atoms with Gasteiger partial charge in [-0.2, -0.15) is 0 Å². The second-order valence-electron chi connectivity index (χ2n) is 12.0. The molecule has 1 heterocycles. The first-order valence-electron chi connectivity index (χ1n) is 13.0. The molecule has 0 radical (unpaired) electrons. The topological polar surface area (TPSA) is 47.6 Å². The zero-order valence-corrected chi connectivity index (χ0v) is 21.8. The number of hydrogen-bond acceptors (Lipinski definition) is 4. The Morgan fingerprint density at radius 1 is 1.03 bits per heavy atom. The summed E-state index contributed by atoms with van der Waals surface area (Å²) in [6, 6.07) is 0. The van der Waals surface area contributed by atoms with Crippen molar-refractivity contribution in [3.8, 4) is 0 Å². The molecule has 182 valence electrons. The monoisotopic (exact) mass is 437 g/mol. The van der Waals surface area contributed by atoms with Crippen molar-refractivity contribution in [2.45, 2.75) is 143 Å². The number of Topliss-reactive ketones (excluding diaryl/α,β-unsaturated/α-hetero) is 1. The molecule has 4 heteroatoms. The zero-order chi connectivity index (χ0) is 23.3. The predicted molar refractivity (Wildman–Crippen MR) is 129 cm³/mol. The van der Waals surface area contributed by atoms with Gasteiger partial charge in [0.2, 0.25) is 0 Å². The number of rotatable bonds is 7. The first-order valence-corrected chi connectivity index (χ1v) is 13.0. The van der Waals surface area contributed by atoms with Crippen molar-refractivity contribution in [3.63, 3.8) is 0 Å². The molecule has 0 amide bonds. The van der Waals surface area contributed by atoms with Crippen LogP contribution in [-0.4, -0.2) is 36.4 Å². The summed E-state index contributed by atoms with van der Waals surface area (Å²) in [5.41, 5.74) is -0.179. The molecule has 1 N–H and O–H groups in total. The van der Waals surface area contributed by atoms with E-state index >= 15 is 0 Å². The molecule has 3 aliphatic rings. The third-order valence-corrected chi connectivity index (χ3v) is 7.89. The summed E-state index contributed by atoms with van der Waals surface area (Å²) in [5, 5.41) is 3.08. The summed E-state index contributed by atoms with van der Waals surface area (Å²) in [7, 11) is 1.84. The third kappa shape index (κ3) is 7.54. The van der Waals surface area contributed by atoms with E-state index in [1.165, 1.54) is 64.2 Å². The van der Waals surface area contributed by atoms with E-state index in [1.54, 1.807) is 6.92 Å². The minimum Gasteiger partial charge on any atom is -0.344 e. The van der Waals surface area contributed by atoms with Gasteiger partial charge in [0.1, 0.15) is 5.78 Å². The summed E-state index contributed by atoms with van der Waals surface area (Å²) in [5.74, 6) is 1.48. The quantitative estimate of drug-likeness (QED) is 0.484. The molecule has 3 rings (SSSR count). The highest BCUT2D eigenvalue weighted by molar-refractivity contribution is 5.85. The van der Waals surface area contributed by atoms with Gasteiger partial charge in [-0.05, 0) is 77.7 Å². The minimum atomic E-state index is -0.363. The van der Waals surface area contributed by atoms with Gasteiger partial charge in [0.25, 0.3) is 0 Å². The Hall–Kier alpha value is -0.450. The predicted octanol–water partition coefficient (Wildman–Crippen LogP) is 6.66. The Morgan fingerprint density at radius 3 is 2.13 bits per heavy atom. The fourth-order valence-electron chi connectivity index (χ4n) is 5.92. The molecule has 5 atom stereocenters. The smallest absolute Gasteiger partial charge is 0.169 e. The molecule has 31 heavy (non-hydrogen) atoms. The van der Waals surface area contributed by atoms with Crippen LogP contribution in [0, 0.1) is 17.3 Å². The van der Waals surface area contributed by atoms with E-state index in [4.69, 9.17) is 9.47 Å². The molecule has 1 aliphatic heterocycles. The fourth-order valence-corrected chi connectivity index (χ4v) is 5.92. The summed E-state index contributed by atoms with van der Waals surface area (Å²) < 4.78 is 12.8. The van der Waals surface area contributed by atoms with E-state index in [9.17, 15) is 4.79 Å². The largest absolute Gasteiger partial charge is 0.344 e. The van der Waals surface area contributed by atoms with Crippen LogP contribution in [0.3, 0.4) is 0 Å². The van der Waals surface area contributed by atoms with E-state index in [1.807, 2.05) is 14.0 Å². The Balaban J connectivity index is 0.000000248. The molecule has 0 aromatic rings. The molecule has 0 aromatic carbocycles. The van der Waals surface area contributed by atoms with Crippen LogP contribution in [0.1, 0.15) is 119 Å². The lowest BCUT2D eigenvalue weighted by Gasteiger charge is -2.33. The average molecular weight is 438 g/mol. The van der Waals surface area contributed by atoms with Gasteiger partial charge in [-0.3, -0.25) is 4.79 Å². The van der Waals surface area contributed by atoms with Crippen LogP contribution in [0.2, 0.25) is 0 Å². The summed E-state index contributed by atoms with van der Waals surface area (Å²) >= 11 is 0. The number of carbonyl (C=O) groups excluding carboxylic acids is 1. The summed E-state index contributed by atoms with van der Waals surface area (Å²) in [6.45, 7) is 14.5. The van der Waals surface area contributed by atoms with E-state index in [2.05, 4.69) is 39.9 Å². The van der Waals surface area contributed by atoms with Gasteiger partial charge in [-0.1, -0.05) is 59.8 Å². The molecule has 0 bridgehead atoms. The lowest BCUT2D eigenvalue weighted by atomic mass is 9.79. The number of ether oxygens (including phenoxy) is 2. The van der Waals surface area contributed by atoms with Crippen molar-refractivity contribution < 1.29 is 14.3 Å². The van der Waals surface area contributed by atoms with Crippen molar-refractivity contribution in [2.75, 3.05) is 7.05 Å². The second kappa shape index (κ2) is 11.1. The molecule has 3 fully saturated rings. The van der Waals surface area contributed by atoms with Crippen molar-refractivity contribution in [2.24, 2.45) is 17.3 Å². The highest BCUT2D eigenvalue weighted by atomic mass is 16.8. The molecule has 2 saturated carbocycles. The number of nitrogens with one attached hydrogen (secondary N) is 1. The zero-order valence-electron chi connectivity index (χ0n) is 21.8. The molecule has 4 nitrogen and oxygen atoms in total. The number of likely N-dealkylation sites (N-methyl/N-ethyl adjacent to an activating group) is 1. The van der Waals surface area contributed by atoms with E-state index in [0.717, 1.165) is 12.3 Å². The fraction of sp³-hybridized carbons (Fsp3) is 0.963. The molecular weight excluding hydrogens is 386 g/mol. The summed E-state index contributed by atoms with van der Waals surface area (Å²) in [6.07, 6.45) is 14.9. The Kier molecular flexibility index (Phi) is 9.61. The summed E-state index contributed by atoms with van der Waals surface area (Å²) in [4.78, 5) is 11.3. The number of carbonyl (C=O) groups is 1. The van der Waals surface area contributed by atoms with Gasteiger partial charge < -0.3 is 14.8 Å². The van der Waals surface area contributed by atoms with Crippen LogP contribution in [-0.2, 0) is 14.3 Å². The SMILES string of the molecule is CCCCC1CCC2OC(C)(C3CCCC3)OC2C1.CNC(C)(CC(C)(C)C)C(C)=O. The van der Waals surface area contributed by atoms with Gasteiger partial charge in [-0.15, -0.1) is 0 Å². The van der Waals surface area contributed by atoms with Gasteiger partial charge in [0, 0.05) is 5.92 Å². The maximum atomic E-state index is 11.3. The average Bonchev–Trinajstić information content (AvgIpc) is 3.33. The molecule has 5 unspecified atom stereocenters. The van der Waals surface area contributed by atoms with Gasteiger partial charge in [-0.25, -0.2) is 0 Å². The van der Waals surface area contributed by atoms with Crippen LogP contribution in [0.5, 0.6) is 0 Å². The number of hydrogen-bond donors (Lipinski definition) is 1. The van der Waals surface area contributed by atoms with Gasteiger partial charge >= 0.3 is 0 Å². The lowest BCUT2D eigenvalue weighted by molar-refractivity contribution is -0.196. The molecule has 0 spiro atoms. The maximum Gasteiger partial charge on any atom is 0.169 e. The number of ketones is 1. The third-order valence-electron chi connectivity index (χ3n) is 7.89. The Labute approximate surface area is 192 Å². The van der Waals surface area contributed by atoms with Gasteiger partial charge in [0.05, 0.1) is 17.7 Å². The molecule has 1 saturated heterocycles. The first-order chi connectivity index (χ1) is 14.4. The van der Waals surface area contributed by atoms with Crippen LogP contribution < -0.4 is 5.32 Å². The highest BCUT2D eigenvalue weighted by Gasteiger charge is 2.51. The van der Waals surface area contributed by atoms with Crippen molar-refractivity contribution >= 4 is 5.78 Å². The highest BCUT2D eigenvalue weighted by Crippen LogP contribution is 2.47. The molecular formula is C27H51NO3. The molecule has 0 aromatic heterocycles. The Bertz CT molecular complexity index is 565. The first kappa shape index (κ1) is 26.8. The van der Waals surface area contributed by atoms with Crippen molar-refractivity contribution in [3.05, 3.63) is 0 Å². The minimum absolute atomic E-state index is 0.184. The maximum absolute atomic E-state index is 11.3. The van der Waals surface area contributed by atoms with Crippen molar-refractivity contribution in [1.29, 1.82) is 0 Å². The lowest BCUT2D eigenvalue weighted by Crippen LogP contribution is -2.48. The van der Waals surface area contributed by atoms with Crippen LogP contribution in [0.4, 0.5) is 0 Å². The van der Waals surface area contributed by atoms with E-state index in [-0.39, 0.29) is 22.5 Å². The van der Waals surface area contributed by atoms with Crippen LogP contribution in [0.15, 0.2) is 0 Å². The van der Waals surface area contributed by atoms with E-state index in [0.29, 0.717) is 18.1 Å².